The van der Waals surface area contributed by atoms with Gasteiger partial charge < -0.3 is 5.32 Å². The van der Waals surface area contributed by atoms with Gasteiger partial charge in [0.05, 0.1) is 11.7 Å². The molecule has 2 aromatic rings. The minimum atomic E-state index is 0.0839. The van der Waals surface area contributed by atoms with E-state index in [-0.39, 0.29) is 11.5 Å². The van der Waals surface area contributed by atoms with Gasteiger partial charge in [-0.3, -0.25) is 0 Å². The van der Waals surface area contributed by atoms with Gasteiger partial charge in [0.15, 0.2) is 0 Å². The molecule has 0 bridgehead atoms. The van der Waals surface area contributed by atoms with E-state index in [1.807, 2.05) is 12.1 Å². The molecule has 1 N–H and O–H groups in total. The number of hydrogen-bond donors (Lipinski definition) is 1. The number of thiazole rings is 1. The molecular formula is C17H23ClN2S. The molecule has 0 spiro atoms. The molecule has 21 heavy (non-hydrogen) atoms. The molecule has 0 amide bonds. The topological polar surface area (TPSA) is 24.9 Å². The molecule has 1 aromatic carbocycles. The van der Waals surface area contributed by atoms with E-state index >= 15 is 0 Å². The number of benzene rings is 1. The van der Waals surface area contributed by atoms with Crippen molar-refractivity contribution in [1.29, 1.82) is 0 Å². The number of halogens is 1. The van der Waals surface area contributed by atoms with Gasteiger partial charge in [0, 0.05) is 15.8 Å². The highest BCUT2D eigenvalue weighted by atomic mass is 35.5. The van der Waals surface area contributed by atoms with Gasteiger partial charge in [-0.25, -0.2) is 4.98 Å². The Hall–Kier alpha value is -0.900. The van der Waals surface area contributed by atoms with Crippen LogP contribution in [0.3, 0.4) is 0 Å². The van der Waals surface area contributed by atoms with Crippen LogP contribution in [0.5, 0.6) is 0 Å². The van der Waals surface area contributed by atoms with Crippen LogP contribution >= 0.6 is 22.9 Å². The molecule has 0 aliphatic carbocycles. The van der Waals surface area contributed by atoms with Gasteiger partial charge in [0.1, 0.15) is 5.01 Å². The molecule has 4 heteroatoms. The zero-order chi connectivity index (χ0) is 15.6. The maximum atomic E-state index is 6.08. The Bertz CT molecular complexity index is 613. The molecule has 0 aliphatic rings. The van der Waals surface area contributed by atoms with Crippen LogP contribution in [0.15, 0.2) is 23.6 Å². The minimum Gasteiger partial charge on any atom is -0.305 e. The molecule has 0 saturated carbocycles. The van der Waals surface area contributed by atoms with Crippen molar-refractivity contribution in [2.45, 2.75) is 46.1 Å². The van der Waals surface area contributed by atoms with Gasteiger partial charge in [0.25, 0.3) is 0 Å². The summed E-state index contributed by atoms with van der Waals surface area (Å²) in [5.74, 6) is 0. The minimum absolute atomic E-state index is 0.0839. The molecule has 1 unspecified atom stereocenters. The van der Waals surface area contributed by atoms with E-state index in [0.717, 1.165) is 22.3 Å². The summed E-state index contributed by atoms with van der Waals surface area (Å²) in [6.45, 7) is 11.7. The molecule has 0 aliphatic heterocycles. The first-order chi connectivity index (χ1) is 9.82. The number of nitrogens with zero attached hydrogens (tertiary/aromatic N) is 1. The van der Waals surface area contributed by atoms with Gasteiger partial charge in [0.2, 0.25) is 0 Å². The maximum absolute atomic E-state index is 6.08. The third-order valence-corrected chi connectivity index (χ3v) is 4.63. The van der Waals surface area contributed by atoms with E-state index < -0.39 is 0 Å². The Kier molecular flexibility index (Phi) is 5.07. The third kappa shape index (κ3) is 3.85. The van der Waals surface area contributed by atoms with E-state index in [4.69, 9.17) is 16.6 Å². The number of hydrogen-bond acceptors (Lipinski definition) is 3. The Morgan fingerprint density at radius 1 is 1.33 bits per heavy atom. The summed E-state index contributed by atoms with van der Waals surface area (Å²) >= 11 is 7.80. The van der Waals surface area contributed by atoms with Crippen molar-refractivity contribution in [1.82, 2.24) is 10.3 Å². The smallest absolute Gasteiger partial charge is 0.114 e. The number of rotatable bonds is 4. The van der Waals surface area contributed by atoms with Crippen molar-refractivity contribution in [2.75, 3.05) is 6.54 Å². The second kappa shape index (κ2) is 6.47. The maximum Gasteiger partial charge on any atom is 0.114 e. The first-order valence-corrected chi connectivity index (χ1v) is 8.54. The van der Waals surface area contributed by atoms with Crippen LogP contribution in [-0.2, 0) is 5.41 Å². The zero-order valence-electron chi connectivity index (χ0n) is 13.3. The summed E-state index contributed by atoms with van der Waals surface area (Å²) in [6.07, 6.45) is 0. The fourth-order valence-electron chi connectivity index (χ4n) is 2.26. The fourth-order valence-corrected chi connectivity index (χ4v) is 3.62. The van der Waals surface area contributed by atoms with E-state index in [1.54, 1.807) is 11.3 Å². The van der Waals surface area contributed by atoms with Crippen molar-refractivity contribution in [3.05, 3.63) is 50.4 Å². The molecule has 2 rings (SSSR count). The molecule has 0 radical (unpaired) electrons. The van der Waals surface area contributed by atoms with Crippen LogP contribution in [0.25, 0.3) is 0 Å². The average molecular weight is 323 g/mol. The molecule has 0 fully saturated rings. The molecule has 114 valence electrons. The quantitative estimate of drug-likeness (QED) is 0.847. The average Bonchev–Trinajstić information content (AvgIpc) is 2.86. The predicted octanol–water partition coefficient (Wildman–Crippen LogP) is 5.10. The number of aryl methyl sites for hydroxylation is 1. The Balaban J connectivity index is 2.41. The summed E-state index contributed by atoms with van der Waals surface area (Å²) < 4.78 is 0. The lowest BCUT2D eigenvalue weighted by Crippen LogP contribution is -2.23. The molecule has 1 aromatic heterocycles. The van der Waals surface area contributed by atoms with Gasteiger partial charge in [-0.15, -0.1) is 11.3 Å². The largest absolute Gasteiger partial charge is 0.305 e. The van der Waals surface area contributed by atoms with Crippen molar-refractivity contribution in [2.24, 2.45) is 0 Å². The van der Waals surface area contributed by atoms with E-state index in [1.165, 1.54) is 11.1 Å². The van der Waals surface area contributed by atoms with Gasteiger partial charge in [-0.2, -0.15) is 0 Å². The van der Waals surface area contributed by atoms with Crippen molar-refractivity contribution in [3.63, 3.8) is 0 Å². The first-order valence-electron chi connectivity index (χ1n) is 7.28. The second-order valence-electron chi connectivity index (χ2n) is 6.31. The van der Waals surface area contributed by atoms with Crippen LogP contribution in [0.4, 0.5) is 0 Å². The summed E-state index contributed by atoms with van der Waals surface area (Å²) in [7, 11) is 0. The first kappa shape index (κ1) is 16.5. The summed E-state index contributed by atoms with van der Waals surface area (Å²) in [6, 6.07) is 6.20. The lowest BCUT2D eigenvalue weighted by Gasteiger charge is -2.19. The molecule has 1 heterocycles. The monoisotopic (exact) mass is 322 g/mol. The van der Waals surface area contributed by atoms with Crippen LogP contribution in [0, 0.1) is 6.92 Å². The SMILES string of the molecule is CCNC(c1nc(C(C)(C)C)cs1)c1ccc(Cl)cc1C. The van der Waals surface area contributed by atoms with E-state index in [0.29, 0.717) is 0 Å². The third-order valence-electron chi connectivity index (χ3n) is 3.49. The number of aromatic nitrogens is 1. The summed E-state index contributed by atoms with van der Waals surface area (Å²) in [5.41, 5.74) is 3.68. The molecular weight excluding hydrogens is 300 g/mol. The van der Waals surface area contributed by atoms with Crippen LogP contribution in [0.1, 0.15) is 55.6 Å². The Morgan fingerprint density at radius 2 is 2.05 bits per heavy atom. The standard InChI is InChI=1S/C17H23ClN2S/c1-6-19-15(13-8-7-12(18)9-11(13)2)16-20-14(10-21-16)17(3,4)5/h7-10,15,19H,6H2,1-5H3. The van der Waals surface area contributed by atoms with Gasteiger partial charge >= 0.3 is 0 Å². The molecule has 0 saturated heterocycles. The molecule has 1 atom stereocenters. The van der Waals surface area contributed by atoms with Gasteiger partial charge in [-0.05, 0) is 36.7 Å². The molecule has 2 nitrogen and oxygen atoms in total. The lowest BCUT2D eigenvalue weighted by molar-refractivity contribution is 0.562. The van der Waals surface area contributed by atoms with E-state index in [9.17, 15) is 0 Å². The van der Waals surface area contributed by atoms with Crippen molar-refractivity contribution < 1.29 is 0 Å². The number of nitrogens with one attached hydrogen (secondary N) is 1. The zero-order valence-corrected chi connectivity index (χ0v) is 14.9. The highest BCUT2D eigenvalue weighted by Crippen LogP contribution is 2.32. The van der Waals surface area contributed by atoms with Crippen LogP contribution in [0.2, 0.25) is 5.02 Å². The van der Waals surface area contributed by atoms with Crippen molar-refractivity contribution in [3.8, 4) is 0 Å². The van der Waals surface area contributed by atoms with E-state index in [2.05, 4.69) is 51.4 Å². The second-order valence-corrected chi connectivity index (χ2v) is 7.64. The van der Waals surface area contributed by atoms with Crippen LogP contribution in [-0.4, -0.2) is 11.5 Å². The van der Waals surface area contributed by atoms with Gasteiger partial charge in [-0.1, -0.05) is 45.4 Å². The Morgan fingerprint density at radius 3 is 2.57 bits per heavy atom. The Labute approximate surface area is 136 Å². The lowest BCUT2D eigenvalue weighted by atomic mass is 9.93. The predicted molar refractivity (Wildman–Crippen MR) is 92.5 cm³/mol. The highest BCUT2D eigenvalue weighted by Gasteiger charge is 2.23. The van der Waals surface area contributed by atoms with Crippen LogP contribution < -0.4 is 5.32 Å². The fraction of sp³-hybridized carbons (Fsp3) is 0.471. The summed E-state index contributed by atoms with van der Waals surface area (Å²) in [4.78, 5) is 4.86. The van der Waals surface area contributed by atoms with Crippen molar-refractivity contribution >= 4 is 22.9 Å². The summed E-state index contributed by atoms with van der Waals surface area (Å²) in [5, 5.41) is 7.61. The highest BCUT2D eigenvalue weighted by molar-refractivity contribution is 7.09. The normalized spacial score (nSPS) is 13.4.